The van der Waals surface area contributed by atoms with E-state index in [9.17, 15) is 48.3 Å². The van der Waals surface area contributed by atoms with Gasteiger partial charge in [0.05, 0.1) is 13.2 Å². The first-order valence-corrected chi connectivity index (χ1v) is 26.0. The lowest BCUT2D eigenvalue weighted by molar-refractivity contribution is -0.161. The van der Waals surface area contributed by atoms with Crippen LogP contribution in [0.3, 0.4) is 0 Å². The molecule has 6 N–H and O–H groups in total. The summed E-state index contributed by atoms with van der Waals surface area (Å²) in [4.78, 5) is 73.9. The molecule has 1 aromatic rings. The van der Waals surface area contributed by atoms with Gasteiger partial charge in [-0.2, -0.15) is 9.29 Å². The van der Waals surface area contributed by atoms with Crippen molar-refractivity contribution in [3.63, 3.8) is 0 Å². The van der Waals surface area contributed by atoms with Gasteiger partial charge in [0.15, 0.2) is 18.1 Å². The number of ether oxygens (including phenoxy) is 3. The third-order valence-electron chi connectivity index (χ3n) is 10.1. The van der Waals surface area contributed by atoms with E-state index in [1.807, 2.05) is 12.2 Å². The first kappa shape index (κ1) is 58.5. The zero-order chi connectivity index (χ0) is 48.8. The molecule has 1 aromatic heterocycles. The van der Waals surface area contributed by atoms with Gasteiger partial charge in [0.25, 0.3) is 0 Å². The Labute approximate surface area is 388 Å². The first-order valence-electron chi connectivity index (χ1n) is 23.0. The Morgan fingerprint density at radius 2 is 1.47 bits per heavy atom. The minimum Gasteiger partial charge on any atom is -0.462 e. The number of rotatable bonds is 36. The molecule has 1 saturated heterocycles. The molecule has 2 unspecified atom stereocenters. The molecule has 2 rings (SSSR count). The molecular formula is C45H73N3O16P2. The Hall–Kier alpha value is -3.61. The molecule has 66 heavy (non-hydrogen) atoms. The van der Waals surface area contributed by atoms with E-state index in [2.05, 4.69) is 48.3 Å². The molecule has 0 amide bonds. The number of aromatic nitrogens is 2. The van der Waals surface area contributed by atoms with E-state index < -0.39 is 83.7 Å². The normalized spacial score (nSPS) is 20.1. The average molecular weight is 974 g/mol. The lowest BCUT2D eigenvalue weighted by atomic mass is 10.0. The number of nitrogen functional groups attached to an aromatic ring is 1. The maximum atomic E-state index is 12.8. The summed E-state index contributed by atoms with van der Waals surface area (Å²) in [7, 11) is -10.9. The summed E-state index contributed by atoms with van der Waals surface area (Å²) in [5, 5.41) is 20.8. The maximum Gasteiger partial charge on any atom is 0.481 e. The van der Waals surface area contributed by atoms with Gasteiger partial charge in [-0.15, -0.1) is 0 Å². The number of carbonyl (C=O) groups excluding carboxylic acids is 3. The van der Waals surface area contributed by atoms with E-state index >= 15 is 0 Å². The zero-order valence-electron chi connectivity index (χ0n) is 38.6. The number of aliphatic hydroxyl groups excluding tert-OH is 2. The molecule has 0 aliphatic carbocycles. The topological polar surface area (TPSA) is 283 Å². The van der Waals surface area contributed by atoms with Gasteiger partial charge >= 0.3 is 33.3 Å². The number of hydrogen-bond donors (Lipinski definition) is 5. The van der Waals surface area contributed by atoms with Gasteiger partial charge in [0, 0.05) is 25.5 Å². The van der Waals surface area contributed by atoms with Crippen molar-refractivity contribution >= 4 is 39.2 Å². The second kappa shape index (κ2) is 33.0. The van der Waals surface area contributed by atoms with Crippen LogP contribution in [0.5, 0.6) is 0 Å². The van der Waals surface area contributed by atoms with Crippen LogP contribution < -0.4 is 11.4 Å². The summed E-state index contributed by atoms with van der Waals surface area (Å²) >= 11 is 0. The van der Waals surface area contributed by atoms with Crippen molar-refractivity contribution in [2.45, 2.75) is 167 Å². The SMILES string of the molecule is CCCCC/C=C\C/C=C\C/C=C\C=C\C(=O)CCCC(=O)O[C@H](COC(=O)CCCCCCCCCC(C)C)COP(=O)(O)OP(=O)(O)OC[C@H]1O[C@@H](n2ccc(N)nc2=O)[C@H](O)[C@@H]1O. The van der Waals surface area contributed by atoms with Crippen molar-refractivity contribution in [1.82, 2.24) is 9.55 Å². The van der Waals surface area contributed by atoms with Crippen LogP contribution in [0.15, 0.2) is 65.7 Å². The largest absolute Gasteiger partial charge is 0.481 e. The summed E-state index contributed by atoms with van der Waals surface area (Å²) in [5.41, 5.74) is 4.55. The smallest absolute Gasteiger partial charge is 0.462 e. The molecule has 2 heterocycles. The van der Waals surface area contributed by atoms with E-state index in [0.717, 1.165) is 55.7 Å². The highest BCUT2D eigenvalue weighted by molar-refractivity contribution is 7.61. The number of allylic oxidation sites excluding steroid dienone is 8. The monoisotopic (exact) mass is 973 g/mol. The Bertz CT molecular complexity index is 1870. The fraction of sp³-hybridized carbons (Fsp3) is 0.667. The van der Waals surface area contributed by atoms with E-state index in [-0.39, 0.29) is 37.3 Å². The number of carbonyl (C=O) groups is 3. The number of phosphoric ester groups is 2. The second-order valence-electron chi connectivity index (χ2n) is 16.4. The molecule has 0 spiro atoms. The van der Waals surface area contributed by atoms with E-state index in [4.69, 9.17) is 29.0 Å². The van der Waals surface area contributed by atoms with Gasteiger partial charge in [-0.1, -0.05) is 121 Å². The van der Waals surface area contributed by atoms with Gasteiger partial charge in [-0.05, 0) is 56.6 Å². The highest BCUT2D eigenvalue weighted by Crippen LogP contribution is 2.60. The molecule has 1 fully saturated rings. The average Bonchev–Trinajstić information content (AvgIpc) is 3.53. The van der Waals surface area contributed by atoms with Crippen molar-refractivity contribution in [3.8, 4) is 0 Å². The van der Waals surface area contributed by atoms with Crippen molar-refractivity contribution in [2.75, 3.05) is 25.6 Å². The predicted octanol–water partition coefficient (Wildman–Crippen LogP) is 7.64. The molecule has 19 nitrogen and oxygen atoms in total. The number of anilines is 1. The minimum atomic E-state index is -5.48. The molecular weight excluding hydrogens is 900 g/mol. The fourth-order valence-corrected chi connectivity index (χ4v) is 8.56. The molecule has 0 bridgehead atoms. The van der Waals surface area contributed by atoms with E-state index in [1.165, 1.54) is 44.2 Å². The van der Waals surface area contributed by atoms with Crippen molar-refractivity contribution in [1.29, 1.82) is 0 Å². The van der Waals surface area contributed by atoms with E-state index in [0.29, 0.717) is 18.8 Å². The lowest BCUT2D eigenvalue weighted by Crippen LogP contribution is -2.36. The summed E-state index contributed by atoms with van der Waals surface area (Å²) in [6.07, 6.45) is 22.6. The third-order valence-corrected chi connectivity index (χ3v) is 12.7. The van der Waals surface area contributed by atoms with Gasteiger partial charge < -0.3 is 39.9 Å². The van der Waals surface area contributed by atoms with Crippen LogP contribution in [-0.4, -0.2) is 91.5 Å². The van der Waals surface area contributed by atoms with Crippen LogP contribution in [0.1, 0.15) is 143 Å². The van der Waals surface area contributed by atoms with Gasteiger partial charge in [0.1, 0.15) is 30.7 Å². The van der Waals surface area contributed by atoms with Gasteiger partial charge in [-0.25, -0.2) is 13.9 Å². The standard InChI is InChI=1S/C45H73N3O16P2/c1-4-5-6-7-8-9-10-11-12-13-16-19-22-26-36(49)27-24-29-41(51)62-37(32-59-40(50)28-23-20-17-14-15-18-21-25-35(2)3)33-60-65(55,56)64-66(57,58)61-34-38-42(52)43(53)44(63-38)48-31-30-39(46)47-45(48)54/h8-9,11-12,16,19,22,26,30-31,35,37-38,42-44,52-53H,4-7,10,13-15,17-18,20-21,23-25,27-29,32-34H2,1-3H3,(H,55,56)(H,57,58)(H2,46,47,54)/b9-8-,12-11-,19-16-,26-22+/t37-,38-,42-,43-,44-/m1/s1. The van der Waals surface area contributed by atoms with Crippen LogP contribution in [0.2, 0.25) is 0 Å². The minimum absolute atomic E-state index is 0.0170. The summed E-state index contributed by atoms with van der Waals surface area (Å²) in [6.45, 7) is 4.07. The Balaban J connectivity index is 1.89. The Kier molecular flexibility index (Phi) is 29.2. The number of aliphatic hydroxyl groups is 2. The molecule has 21 heteroatoms. The quantitative estimate of drug-likeness (QED) is 0.0108. The number of nitrogens with zero attached hydrogens (tertiary/aromatic N) is 2. The molecule has 0 saturated carbocycles. The molecule has 7 atom stereocenters. The molecule has 374 valence electrons. The third kappa shape index (κ3) is 26.7. The van der Waals surface area contributed by atoms with Gasteiger partial charge in [-0.3, -0.25) is 28.0 Å². The van der Waals surface area contributed by atoms with Gasteiger partial charge in [0.2, 0.25) is 0 Å². The fourth-order valence-electron chi connectivity index (χ4n) is 6.45. The number of nitrogens with two attached hydrogens (primary N) is 1. The molecule has 1 aliphatic heterocycles. The highest BCUT2D eigenvalue weighted by atomic mass is 31.3. The van der Waals surface area contributed by atoms with Crippen LogP contribution >= 0.6 is 15.6 Å². The number of ketones is 1. The zero-order valence-corrected chi connectivity index (χ0v) is 40.4. The number of phosphoric acid groups is 2. The Morgan fingerprint density at radius 1 is 0.818 bits per heavy atom. The number of unbranched alkanes of at least 4 members (excludes halogenated alkanes) is 9. The summed E-state index contributed by atoms with van der Waals surface area (Å²) in [6, 6.07) is 1.23. The second-order valence-corrected chi connectivity index (χ2v) is 19.5. The lowest BCUT2D eigenvalue weighted by Gasteiger charge is -2.21. The Morgan fingerprint density at radius 3 is 2.17 bits per heavy atom. The molecule has 1 aliphatic rings. The highest BCUT2D eigenvalue weighted by Gasteiger charge is 2.46. The first-order chi connectivity index (χ1) is 31.4. The van der Waals surface area contributed by atoms with Crippen molar-refractivity contribution in [3.05, 3.63) is 71.4 Å². The molecule has 0 aromatic carbocycles. The van der Waals surface area contributed by atoms with Crippen LogP contribution in [0, 0.1) is 5.92 Å². The number of hydrogen-bond acceptors (Lipinski definition) is 16. The number of esters is 2. The predicted molar refractivity (Wildman–Crippen MR) is 247 cm³/mol. The van der Waals surface area contributed by atoms with Crippen LogP contribution in [0.25, 0.3) is 0 Å². The summed E-state index contributed by atoms with van der Waals surface area (Å²) < 4.78 is 56.3. The summed E-state index contributed by atoms with van der Waals surface area (Å²) in [5.74, 6) is -1.12. The van der Waals surface area contributed by atoms with Crippen LogP contribution in [-0.2, 0) is 51.1 Å². The van der Waals surface area contributed by atoms with Crippen molar-refractivity contribution < 1.29 is 71.1 Å². The van der Waals surface area contributed by atoms with Crippen LogP contribution in [0.4, 0.5) is 5.82 Å². The maximum absolute atomic E-state index is 12.8. The molecule has 0 radical (unpaired) electrons. The van der Waals surface area contributed by atoms with E-state index in [1.54, 1.807) is 12.2 Å². The van der Waals surface area contributed by atoms with Crippen molar-refractivity contribution in [2.24, 2.45) is 5.92 Å².